The van der Waals surface area contributed by atoms with Crippen LogP contribution < -0.4 is 10.2 Å². The van der Waals surface area contributed by atoms with E-state index in [-0.39, 0.29) is 11.9 Å². The fourth-order valence-corrected chi connectivity index (χ4v) is 2.75. The Balaban J connectivity index is 1.57. The summed E-state index contributed by atoms with van der Waals surface area (Å²) in [5.74, 6) is 0.730. The van der Waals surface area contributed by atoms with Crippen molar-refractivity contribution in [1.82, 2.24) is 19.9 Å². The van der Waals surface area contributed by atoms with Crippen molar-refractivity contribution >= 4 is 11.7 Å². The summed E-state index contributed by atoms with van der Waals surface area (Å²) < 4.78 is 1.71. The molecule has 0 atom stereocenters. The Labute approximate surface area is 134 Å². The Kier molecular flexibility index (Phi) is 4.24. The maximum Gasteiger partial charge on any atom is 0.269 e. The number of hydrogen-bond acceptors (Lipinski definition) is 5. The minimum atomic E-state index is -0.0898. The molecule has 1 amide bonds. The van der Waals surface area contributed by atoms with Gasteiger partial charge >= 0.3 is 0 Å². The van der Waals surface area contributed by atoms with Crippen molar-refractivity contribution in [3.05, 3.63) is 42.1 Å². The van der Waals surface area contributed by atoms with E-state index in [9.17, 15) is 4.79 Å². The van der Waals surface area contributed by atoms with Gasteiger partial charge in [-0.1, -0.05) is 0 Å². The molecule has 2 aromatic rings. The minimum Gasteiger partial charge on any atom is -0.356 e. The van der Waals surface area contributed by atoms with Crippen LogP contribution in [-0.4, -0.2) is 39.6 Å². The van der Waals surface area contributed by atoms with Crippen molar-refractivity contribution in [3.63, 3.8) is 0 Å². The average molecular weight is 310 g/mol. The van der Waals surface area contributed by atoms with Gasteiger partial charge < -0.3 is 14.8 Å². The molecule has 0 unspecified atom stereocenters. The zero-order chi connectivity index (χ0) is 16.2. The average Bonchev–Trinajstić information content (AvgIpc) is 3.02. The Bertz CT molecular complexity index is 739. The summed E-state index contributed by atoms with van der Waals surface area (Å²) in [6.45, 7) is 1.61. The van der Waals surface area contributed by atoms with Crippen LogP contribution in [0.15, 0.2) is 30.9 Å². The van der Waals surface area contributed by atoms with Crippen LogP contribution >= 0.6 is 0 Å². The second-order valence-electron chi connectivity index (χ2n) is 5.64. The Morgan fingerprint density at radius 3 is 2.87 bits per heavy atom. The van der Waals surface area contributed by atoms with Gasteiger partial charge in [-0.3, -0.25) is 4.79 Å². The highest BCUT2D eigenvalue weighted by Crippen LogP contribution is 2.19. The highest BCUT2D eigenvalue weighted by Gasteiger charge is 2.22. The van der Waals surface area contributed by atoms with E-state index in [0.717, 1.165) is 31.7 Å². The van der Waals surface area contributed by atoms with Gasteiger partial charge in [-0.25, -0.2) is 9.97 Å². The minimum absolute atomic E-state index is 0.0898. The molecule has 7 nitrogen and oxygen atoms in total. The van der Waals surface area contributed by atoms with E-state index in [0.29, 0.717) is 11.3 Å². The van der Waals surface area contributed by atoms with E-state index in [1.165, 1.54) is 0 Å². The SMILES string of the molecule is Cn1cncc1C(=O)NC1CCN(c2cc(C#N)ccn2)CC1. The van der Waals surface area contributed by atoms with Gasteiger partial charge in [-0.15, -0.1) is 0 Å². The van der Waals surface area contributed by atoms with Gasteiger partial charge in [0, 0.05) is 32.4 Å². The first kappa shape index (κ1) is 15.0. The van der Waals surface area contributed by atoms with Gasteiger partial charge in [0.1, 0.15) is 11.5 Å². The molecule has 1 N–H and O–H groups in total. The van der Waals surface area contributed by atoms with Crippen molar-refractivity contribution in [2.24, 2.45) is 7.05 Å². The van der Waals surface area contributed by atoms with Crippen LogP contribution in [0.5, 0.6) is 0 Å². The number of nitriles is 1. The number of amides is 1. The molecular formula is C16H18N6O. The fourth-order valence-electron chi connectivity index (χ4n) is 2.75. The van der Waals surface area contributed by atoms with Crippen molar-refractivity contribution < 1.29 is 4.79 Å². The Hall–Kier alpha value is -2.88. The number of anilines is 1. The number of imidazole rings is 1. The summed E-state index contributed by atoms with van der Waals surface area (Å²) >= 11 is 0. The second-order valence-corrected chi connectivity index (χ2v) is 5.64. The third-order valence-electron chi connectivity index (χ3n) is 4.08. The van der Waals surface area contributed by atoms with Crippen molar-refractivity contribution in [2.45, 2.75) is 18.9 Å². The smallest absolute Gasteiger partial charge is 0.269 e. The van der Waals surface area contributed by atoms with E-state index in [2.05, 4.69) is 26.3 Å². The lowest BCUT2D eigenvalue weighted by Gasteiger charge is -2.33. The van der Waals surface area contributed by atoms with Gasteiger partial charge in [0.2, 0.25) is 0 Å². The van der Waals surface area contributed by atoms with E-state index < -0.39 is 0 Å². The quantitative estimate of drug-likeness (QED) is 0.917. The van der Waals surface area contributed by atoms with Crippen LogP contribution in [0.3, 0.4) is 0 Å². The molecular weight excluding hydrogens is 292 g/mol. The largest absolute Gasteiger partial charge is 0.356 e. The van der Waals surface area contributed by atoms with Gasteiger partial charge in [0.05, 0.1) is 24.2 Å². The number of nitrogens with one attached hydrogen (secondary N) is 1. The first-order chi connectivity index (χ1) is 11.2. The molecule has 23 heavy (non-hydrogen) atoms. The summed E-state index contributed by atoms with van der Waals surface area (Å²) in [4.78, 5) is 22.6. The number of pyridine rings is 1. The van der Waals surface area contributed by atoms with E-state index in [1.54, 1.807) is 42.5 Å². The highest BCUT2D eigenvalue weighted by molar-refractivity contribution is 5.92. The number of carbonyl (C=O) groups is 1. The summed E-state index contributed by atoms with van der Waals surface area (Å²) in [6, 6.07) is 5.78. The Morgan fingerprint density at radius 2 is 2.22 bits per heavy atom. The topological polar surface area (TPSA) is 86.8 Å². The van der Waals surface area contributed by atoms with Gasteiger partial charge in [0.15, 0.2) is 0 Å². The molecule has 0 radical (unpaired) electrons. The second kappa shape index (κ2) is 6.48. The number of nitrogens with zero attached hydrogens (tertiary/aromatic N) is 5. The molecule has 0 bridgehead atoms. The molecule has 3 heterocycles. The number of hydrogen-bond donors (Lipinski definition) is 1. The van der Waals surface area contributed by atoms with Crippen molar-refractivity contribution in [1.29, 1.82) is 5.26 Å². The fraction of sp³-hybridized carbons (Fsp3) is 0.375. The third kappa shape index (κ3) is 3.31. The van der Waals surface area contributed by atoms with Crippen molar-refractivity contribution in [2.75, 3.05) is 18.0 Å². The molecule has 0 aliphatic carbocycles. The van der Waals surface area contributed by atoms with Gasteiger partial charge in [-0.2, -0.15) is 5.26 Å². The van der Waals surface area contributed by atoms with Crippen LogP contribution in [0.25, 0.3) is 0 Å². The molecule has 7 heteroatoms. The summed E-state index contributed by atoms with van der Waals surface area (Å²) in [5, 5.41) is 12.0. The van der Waals surface area contributed by atoms with E-state index >= 15 is 0 Å². The molecule has 0 saturated carbocycles. The van der Waals surface area contributed by atoms with Gasteiger partial charge in [-0.05, 0) is 25.0 Å². The zero-order valence-electron chi connectivity index (χ0n) is 12.9. The lowest BCUT2D eigenvalue weighted by Crippen LogP contribution is -2.45. The molecule has 118 valence electrons. The van der Waals surface area contributed by atoms with Crippen LogP contribution in [0.2, 0.25) is 0 Å². The molecule has 1 aliphatic rings. The number of aryl methyl sites for hydroxylation is 1. The summed E-state index contributed by atoms with van der Waals surface area (Å²) in [5.41, 5.74) is 1.18. The lowest BCUT2D eigenvalue weighted by molar-refractivity contribution is 0.0923. The normalized spacial score (nSPS) is 15.2. The molecule has 0 aromatic carbocycles. The molecule has 1 saturated heterocycles. The number of piperidine rings is 1. The van der Waals surface area contributed by atoms with E-state index in [1.807, 2.05) is 0 Å². The van der Waals surface area contributed by atoms with Crippen LogP contribution in [0.1, 0.15) is 28.9 Å². The highest BCUT2D eigenvalue weighted by atomic mass is 16.2. The monoisotopic (exact) mass is 310 g/mol. The third-order valence-corrected chi connectivity index (χ3v) is 4.08. The lowest BCUT2D eigenvalue weighted by atomic mass is 10.0. The summed E-state index contributed by atoms with van der Waals surface area (Å²) in [6.07, 6.45) is 6.54. The predicted octanol–water partition coefficient (Wildman–Crippen LogP) is 1.09. The van der Waals surface area contributed by atoms with Crippen LogP contribution in [-0.2, 0) is 7.05 Å². The number of carbonyl (C=O) groups excluding carboxylic acids is 1. The van der Waals surface area contributed by atoms with Crippen LogP contribution in [0.4, 0.5) is 5.82 Å². The van der Waals surface area contributed by atoms with Crippen molar-refractivity contribution in [3.8, 4) is 6.07 Å². The maximum absolute atomic E-state index is 12.2. The van der Waals surface area contributed by atoms with E-state index in [4.69, 9.17) is 5.26 Å². The van der Waals surface area contributed by atoms with Crippen LogP contribution in [0, 0.1) is 11.3 Å². The standard InChI is InChI=1S/C16H18N6O/c1-21-11-18-10-14(21)16(23)20-13-3-6-22(7-4-13)15-8-12(9-17)2-5-19-15/h2,5,8,10-11,13H,3-4,6-7H2,1H3,(H,20,23). The van der Waals surface area contributed by atoms with Gasteiger partial charge in [0.25, 0.3) is 5.91 Å². The maximum atomic E-state index is 12.2. The predicted molar refractivity (Wildman–Crippen MR) is 84.9 cm³/mol. The summed E-state index contributed by atoms with van der Waals surface area (Å²) in [7, 11) is 1.80. The molecule has 0 spiro atoms. The molecule has 3 rings (SSSR count). The number of aromatic nitrogens is 3. The first-order valence-corrected chi connectivity index (χ1v) is 7.55. The number of rotatable bonds is 3. The zero-order valence-corrected chi connectivity index (χ0v) is 12.9. The Morgan fingerprint density at radius 1 is 1.43 bits per heavy atom. The first-order valence-electron chi connectivity index (χ1n) is 7.55. The molecule has 1 aliphatic heterocycles. The molecule has 1 fully saturated rings. The molecule has 2 aromatic heterocycles.